The van der Waals surface area contributed by atoms with E-state index in [1.165, 1.54) is 327 Å². The standard InChI is InChI=1S/C76H145NO5/c1-3-5-7-9-11-13-15-17-19-21-33-36-40-44-48-52-56-60-64-68-74(79)73(72-78)77-75(80)69-65-61-57-53-49-45-41-37-34-31-29-27-25-23-24-26-28-30-32-35-39-43-47-51-55-59-63-67-71-82-76(81)70-66-62-58-54-50-46-42-38-22-20-18-16-14-12-10-8-6-4-2/h14,16,20,22-24,73-74,78-79H,3-13,15,17-19,21,25-72H2,1-2H3,(H,77,80)/b16-14-,22-20-,24-23-. The normalized spacial score (nSPS) is 12.7. The molecular formula is C76H145NO5. The molecule has 0 spiro atoms. The molecular weight excluding hydrogens is 1010 g/mol. The zero-order valence-electron chi connectivity index (χ0n) is 55.5. The van der Waals surface area contributed by atoms with Gasteiger partial charge < -0.3 is 20.3 Å². The molecule has 0 aromatic heterocycles. The van der Waals surface area contributed by atoms with Crippen molar-refractivity contribution in [3.05, 3.63) is 36.5 Å². The van der Waals surface area contributed by atoms with Crippen LogP contribution < -0.4 is 5.32 Å². The second-order valence-corrected chi connectivity index (χ2v) is 25.6. The van der Waals surface area contributed by atoms with Crippen LogP contribution in [0.1, 0.15) is 412 Å². The Hall–Kier alpha value is -1.92. The van der Waals surface area contributed by atoms with E-state index in [4.69, 9.17) is 4.74 Å². The third-order valence-corrected chi connectivity index (χ3v) is 17.4. The highest BCUT2D eigenvalue weighted by molar-refractivity contribution is 5.76. The number of aliphatic hydroxyl groups is 2. The van der Waals surface area contributed by atoms with Crippen molar-refractivity contribution in [2.75, 3.05) is 13.2 Å². The topological polar surface area (TPSA) is 95.9 Å². The number of nitrogens with one attached hydrogen (secondary N) is 1. The van der Waals surface area contributed by atoms with E-state index in [0.717, 1.165) is 51.4 Å². The van der Waals surface area contributed by atoms with Crippen molar-refractivity contribution in [1.82, 2.24) is 5.32 Å². The molecule has 0 aliphatic carbocycles. The number of unbranched alkanes of at least 4 members (excludes halogenated alkanes) is 53. The monoisotopic (exact) mass is 1150 g/mol. The van der Waals surface area contributed by atoms with Crippen molar-refractivity contribution in [1.29, 1.82) is 0 Å². The molecule has 0 saturated carbocycles. The first-order valence-corrected chi connectivity index (χ1v) is 37.2. The minimum Gasteiger partial charge on any atom is -0.466 e. The summed E-state index contributed by atoms with van der Waals surface area (Å²) in [5, 5.41) is 23.4. The number of esters is 1. The second kappa shape index (κ2) is 71.6. The molecule has 0 fully saturated rings. The third-order valence-electron chi connectivity index (χ3n) is 17.4. The van der Waals surface area contributed by atoms with Gasteiger partial charge in [0.25, 0.3) is 0 Å². The Balaban J connectivity index is 3.37. The summed E-state index contributed by atoms with van der Waals surface area (Å²) in [7, 11) is 0. The molecule has 0 heterocycles. The maximum absolute atomic E-state index is 12.5. The molecule has 0 aromatic carbocycles. The lowest BCUT2D eigenvalue weighted by molar-refractivity contribution is -0.143. The van der Waals surface area contributed by atoms with Crippen LogP contribution >= 0.6 is 0 Å². The zero-order chi connectivity index (χ0) is 59.2. The predicted molar refractivity (Wildman–Crippen MR) is 361 cm³/mol. The van der Waals surface area contributed by atoms with Crippen LogP contribution in [0.2, 0.25) is 0 Å². The molecule has 0 radical (unpaired) electrons. The smallest absolute Gasteiger partial charge is 0.305 e. The molecule has 0 bridgehead atoms. The lowest BCUT2D eigenvalue weighted by atomic mass is 10.0. The van der Waals surface area contributed by atoms with Crippen LogP contribution in [0.4, 0.5) is 0 Å². The van der Waals surface area contributed by atoms with Crippen LogP contribution in [0.15, 0.2) is 36.5 Å². The largest absolute Gasteiger partial charge is 0.466 e. The Bertz CT molecular complexity index is 1330. The van der Waals surface area contributed by atoms with Crippen LogP contribution in [0.5, 0.6) is 0 Å². The van der Waals surface area contributed by atoms with E-state index in [1.54, 1.807) is 0 Å². The Labute approximate surface area is 513 Å². The molecule has 0 rings (SSSR count). The minimum absolute atomic E-state index is 0.00915. The zero-order valence-corrected chi connectivity index (χ0v) is 55.5. The van der Waals surface area contributed by atoms with Crippen LogP contribution in [0.3, 0.4) is 0 Å². The van der Waals surface area contributed by atoms with Crippen LogP contribution in [-0.2, 0) is 14.3 Å². The fraction of sp³-hybridized carbons (Fsp3) is 0.895. The quantitative estimate of drug-likeness (QED) is 0.0320. The summed E-state index contributed by atoms with van der Waals surface area (Å²) < 4.78 is 5.50. The Morgan fingerprint density at radius 3 is 0.951 bits per heavy atom. The Morgan fingerprint density at radius 2 is 0.610 bits per heavy atom. The summed E-state index contributed by atoms with van der Waals surface area (Å²) in [5.41, 5.74) is 0. The maximum Gasteiger partial charge on any atom is 0.305 e. The molecule has 6 nitrogen and oxygen atoms in total. The number of carbonyl (C=O) groups is 2. The molecule has 0 saturated heterocycles. The second-order valence-electron chi connectivity index (χ2n) is 25.6. The molecule has 2 unspecified atom stereocenters. The van der Waals surface area contributed by atoms with Crippen molar-refractivity contribution < 1.29 is 24.5 Å². The van der Waals surface area contributed by atoms with Gasteiger partial charge in [-0.05, 0) is 83.5 Å². The van der Waals surface area contributed by atoms with E-state index in [2.05, 4.69) is 55.6 Å². The van der Waals surface area contributed by atoms with Gasteiger partial charge in [-0.25, -0.2) is 0 Å². The number of hydrogen-bond donors (Lipinski definition) is 3. The first kappa shape index (κ1) is 80.1. The summed E-state index contributed by atoms with van der Waals surface area (Å²) in [6.07, 6.45) is 92.0. The van der Waals surface area contributed by atoms with Gasteiger partial charge in [0.05, 0.1) is 25.4 Å². The minimum atomic E-state index is -0.665. The van der Waals surface area contributed by atoms with Crippen molar-refractivity contribution in [3.63, 3.8) is 0 Å². The van der Waals surface area contributed by atoms with Gasteiger partial charge in [-0.15, -0.1) is 0 Å². The first-order valence-electron chi connectivity index (χ1n) is 37.2. The number of ether oxygens (including phenoxy) is 1. The highest BCUT2D eigenvalue weighted by Crippen LogP contribution is 2.19. The number of rotatable bonds is 70. The number of allylic oxidation sites excluding steroid dienone is 6. The molecule has 82 heavy (non-hydrogen) atoms. The van der Waals surface area contributed by atoms with Crippen molar-refractivity contribution >= 4 is 11.9 Å². The number of aliphatic hydroxyl groups excluding tert-OH is 2. The highest BCUT2D eigenvalue weighted by atomic mass is 16.5. The molecule has 484 valence electrons. The van der Waals surface area contributed by atoms with E-state index < -0.39 is 12.1 Å². The molecule has 1 amide bonds. The van der Waals surface area contributed by atoms with Gasteiger partial charge in [0.1, 0.15) is 0 Å². The maximum atomic E-state index is 12.5. The number of amides is 1. The van der Waals surface area contributed by atoms with E-state index >= 15 is 0 Å². The van der Waals surface area contributed by atoms with Crippen molar-refractivity contribution in [3.8, 4) is 0 Å². The van der Waals surface area contributed by atoms with Gasteiger partial charge in [-0.1, -0.05) is 352 Å². The van der Waals surface area contributed by atoms with E-state index in [9.17, 15) is 19.8 Å². The molecule has 2 atom stereocenters. The lowest BCUT2D eigenvalue weighted by Gasteiger charge is -2.22. The Morgan fingerprint density at radius 1 is 0.341 bits per heavy atom. The van der Waals surface area contributed by atoms with Crippen molar-refractivity contribution in [2.45, 2.75) is 424 Å². The summed E-state index contributed by atoms with van der Waals surface area (Å²) in [6.45, 7) is 4.97. The number of hydrogen-bond acceptors (Lipinski definition) is 5. The molecule has 3 N–H and O–H groups in total. The van der Waals surface area contributed by atoms with Crippen LogP contribution in [0, 0.1) is 0 Å². The third kappa shape index (κ3) is 67.2. The predicted octanol–water partition coefficient (Wildman–Crippen LogP) is 24.3. The van der Waals surface area contributed by atoms with Gasteiger partial charge in [0.15, 0.2) is 0 Å². The van der Waals surface area contributed by atoms with E-state index in [1.807, 2.05) is 0 Å². The van der Waals surface area contributed by atoms with Crippen LogP contribution in [0.25, 0.3) is 0 Å². The molecule has 0 aromatic rings. The van der Waals surface area contributed by atoms with Crippen LogP contribution in [-0.4, -0.2) is 47.4 Å². The fourth-order valence-corrected chi connectivity index (χ4v) is 11.7. The molecule has 0 aliphatic rings. The lowest BCUT2D eigenvalue weighted by Crippen LogP contribution is -2.45. The highest BCUT2D eigenvalue weighted by Gasteiger charge is 2.20. The summed E-state index contributed by atoms with van der Waals surface area (Å²) in [6, 6.07) is -0.542. The van der Waals surface area contributed by atoms with Gasteiger partial charge >= 0.3 is 5.97 Å². The van der Waals surface area contributed by atoms with E-state index in [-0.39, 0.29) is 18.5 Å². The summed E-state index contributed by atoms with van der Waals surface area (Å²) in [4.78, 5) is 24.7. The fourth-order valence-electron chi connectivity index (χ4n) is 11.7. The molecule has 0 aliphatic heterocycles. The summed E-state index contributed by atoms with van der Waals surface area (Å²) in [5.74, 6) is -0.0219. The van der Waals surface area contributed by atoms with E-state index in [0.29, 0.717) is 25.9 Å². The van der Waals surface area contributed by atoms with Gasteiger partial charge in [-0.2, -0.15) is 0 Å². The van der Waals surface area contributed by atoms with Gasteiger partial charge in [-0.3, -0.25) is 9.59 Å². The average Bonchev–Trinajstić information content (AvgIpc) is 3.48. The van der Waals surface area contributed by atoms with Gasteiger partial charge in [0, 0.05) is 12.8 Å². The number of carbonyl (C=O) groups excluding carboxylic acids is 2. The first-order chi connectivity index (χ1) is 40.5. The SMILES string of the molecule is CCCCCC/C=C\C/C=C\CCCCCCCCCC(=O)OCCCCCCCCCCCCCC/C=C\CCCCCCCCCCCCCCC(=O)NC(CO)C(O)CCCCCCCCCCCCCCCCCCCCC. The van der Waals surface area contributed by atoms with Crippen molar-refractivity contribution in [2.24, 2.45) is 0 Å². The molecule has 6 heteroatoms. The van der Waals surface area contributed by atoms with Gasteiger partial charge in [0.2, 0.25) is 5.91 Å². The Kier molecular flexibility index (Phi) is 69.9. The average molecular weight is 1150 g/mol. The summed E-state index contributed by atoms with van der Waals surface area (Å²) >= 11 is 0.